The van der Waals surface area contributed by atoms with Gasteiger partial charge in [0.05, 0.1) is 7.11 Å². The Morgan fingerprint density at radius 1 is 1.24 bits per heavy atom. The van der Waals surface area contributed by atoms with Crippen LogP contribution in [0.25, 0.3) is 16.8 Å². The molecular weight excluding hydrogens is 272 g/mol. The summed E-state index contributed by atoms with van der Waals surface area (Å²) in [6.45, 7) is 0.102. The van der Waals surface area contributed by atoms with E-state index in [4.69, 9.17) is 19.3 Å². The molecule has 21 heavy (non-hydrogen) atoms. The summed E-state index contributed by atoms with van der Waals surface area (Å²) in [6.07, 6.45) is 2.63. The van der Waals surface area contributed by atoms with E-state index in [0.29, 0.717) is 11.5 Å². The lowest BCUT2D eigenvalue weighted by molar-refractivity contribution is -0.131. The molecule has 0 spiro atoms. The smallest absolute Gasteiger partial charge is 0.328 e. The highest BCUT2D eigenvalue weighted by atomic mass is 16.7. The normalized spacial score (nSPS) is 11.0. The van der Waals surface area contributed by atoms with Crippen molar-refractivity contribution in [1.29, 1.82) is 0 Å². The van der Waals surface area contributed by atoms with E-state index in [1.54, 1.807) is 13.2 Å². The van der Waals surface area contributed by atoms with E-state index in [9.17, 15) is 4.79 Å². The van der Waals surface area contributed by atoms with Gasteiger partial charge in [-0.05, 0) is 23.1 Å². The summed E-state index contributed by atoms with van der Waals surface area (Å²) in [5, 5.41) is 10.5. The third-order valence-corrected chi connectivity index (χ3v) is 2.94. The number of carboxylic acid groups (broad SMARTS) is 1. The molecular formula is C16H16O5. The standard InChI is InChI=1S/C16H16O5/c1-19-10-21-16-13-6-4-3-5-12(13)11(7-8-15(17)18)9-14(16)20-2/h3-9H,10H2,1-2H3,(H,17,18)/b8-7-. The van der Waals surface area contributed by atoms with Gasteiger partial charge in [-0.2, -0.15) is 0 Å². The molecule has 0 fully saturated rings. The Balaban J connectivity index is 2.64. The minimum atomic E-state index is -1.00. The van der Waals surface area contributed by atoms with Gasteiger partial charge < -0.3 is 19.3 Å². The monoisotopic (exact) mass is 288 g/mol. The molecule has 0 radical (unpaired) electrons. The van der Waals surface area contributed by atoms with Crippen LogP contribution in [0.4, 0.5) is 0 Å². The first-order valence-corrected chi connectivity index (χ1v) is 6.30. The van der Waals surface area contributed by atoms with Crippen molar-refractivity contribution in [2.75, 3.05) is 21.0 Å². The molecule has 0 bridgehead atoms. The van der Waals surface area contributed by atoms with Gasteiger partial charge in [-0.15, -0.1) is 0 Å². The summed E-state index contributed by atoms with van der Waals surface area (Å²) in [6, 6.07) is 9.29. The van der Waals surface area contributed by atoms with Gasteiger partial charge in [0.25, 0.3) is 0 Å². The Kier molecular flexibility index (Phi) is 4.79. The molecule has 110 valence electrons. The van der Waals surface area contributed by atoms with Crippen molar-refractivity contribution in [3.05, 3.63) is 42.0 Å². The zero-order chi connectivity index (χ0) is 15.2. The molecule has 0 saturated heterocycles. The van der Waals surface area contributed by atoms with Gasteiger partial charge in [0.2, 0.25) is 0 Å². The highest BCUT2D eigenvalue weighted by molar-refractivity contribution is 5.99. The maximum Gasteiger partial charge on any atom is 0.328 e. The summed E-state index contributed by atoms with van der Waals surface area (Å²) >= 11 is 0. The predicted molar refractivity (Wildman–Crippen MR) is 79.7 cm³/mol. The van der Waals surface area contributed by atoms with Crippen LogP contribution in [0.3, 0.4) is 0 Å². The number of benzene rings is 2. The van der Waals surface area contributed by atoms with Crippen LogP contribution in [-0.4, -0.2) is 32.1 Å². The van der Waals surface area contributed by atoms with Crippen molar-refractivity contribution in [2.45, 2.75) is 0 Å². The van der Waals surface area contributed by atoms with Crippen molar-refractivity contribution >= 4 is 22.8 Å². The molecule has 0 aliphatic carbocycles. The van der Waals surface area contributed by atoms with E-state index in [0.717, 1.165) is 22.4 Å². The van der Waals surface area contributed by atoms with Crippen molar-refractivity contribution < 1.29 is 24.1 Å². The molecule has 2 rings (SSSR count). The lowest BCUT2D eigenvalue weighted by Gasteiger charge is -2.14. The molecule has 0 aliphatic rings. The molecule has 0 amide bonds. The Bertz CT molecular complexity index is 676. The Morgan fingerprint density at radius 3 is 2.57 bits per heavy atom. The number of aliphatic carboxylic acids is 1. The number of ether oxygens (including phenoxy) is 3. The van der Waals surface area contributed by atoms with Crippen LogP contribution in [0.15, 0.2) is 36.4 Å². The number of methoxy groups -OCH3 is 2. The number of hydrogen-bond acceptors (Lipinski definition) is 4. The number of hydrogen-bond donors (Lipinski definition) is 1. The van der Waals surface area contributed by atoms with Gasteiger partial charge in [-0.1, -0.05) is 24.3 Å². The highest BCUT2D eigenvalue weighted by Crippen LogP contribution is 2.38. The average molecular weight is 288 g/mol. The maximum atomic E-state index is 10.7. The summed E-state index contributed by atoms with van der Waals surface area (Å²) in [5.41, 5.74) is 0.745. The Hall–Kier alpha value is -2.53. The highest BCUT2D eigenvalue weighted by Gasteiger charge is 2.13. The van der Waals surface area contributed by atoms with Gasteiger partial charge in [0.1, 0.15) is 0 Å². The fraction of sp³-hybridized carbons (Fsp3) is 0.188. The van der Waals surface area contributed by atoms with Crippen molar-refractivity contribution in [3.63, 3.8) is 0 Å². The predicted octanol–water partition coefficient (Wildman–Crippen LogP) is 2.93. The zero-order valence-corrected chi connectivity index (χ0v) is 11.8. The maximum absolute atomic E-state index is 10.7. The number of rotatable bonds is 6. The fourth-order valence-corrected chi connectivity index (χ4v) is 2.07. The molecule has 5 heteroatoms. The van der Waals surface area contributed by atoms with Gasteiger partial charge in [0.15, 0.2) is 18.3 Å². The van der Waals surface area contributed by atoms with Crippen LogP contribution in [0.2, 0.25) is 0 Å². The summed E-state index contributed by atoms with van der Waals surface area (Å²) in [5.74, 6) is 0.0935. The first-order chi connectivity index (χ1) is 10.2. The SMILES string of the molecule is COCOc1c(OC)cc(/C=C\C(=O)O)c2ccccc12. The molecule has 0 aliphatic heterocycles. The van der Waals surface area contributed by atoms with E-state index in [1.807, 2.05) is 24.3 Å². The second-order valence-electron chi connectivity index (χ2n) is 4.27. The summed E-state index contributed by atoms with van der Waals surface area (Å²) in [7, 11) is 3.08. The number of carboxylic acids is 1. The first-order valence-electron chi connectivity index (χ1n) is 6.30. The van der Waals surface area contributed by atoms with E-state index in [1.165, 1.54) is 13.2 Å². The molecule has 2 aromatic carbocycles. The van der Waals surface area contributed by atoms with Crippen LogP contribution >= 0.6 is 0 Å². The Labute approximate surface area is 122 Å². The van der Waals surface area contributed by atoms with Gasteiger partial charge in [-0.25, -0.2) is 4.79 Å². The summed E-state index contributed by atoms with van der Waals surface area (Å²) in [4.78, 5) is 10.7. The van der Waals surface area contributed by atoms with Gasteiger partial charge in [-0.3, -0.25) is 0 Å². The van der Waals surface area contributed by atoms with Crippen LogP contribution in [0.5, 0.6) is 11.5 Å². The topological polar surface area (TPSA) is 65.0 Å². The second kappa shape index (κ2) is 6.76. The largest absolute Gasteiger partial charge is 0.493 e. The van der Waals surface area contributed by atoms with Crippen LogP contribution < -0.4 is 9.47 Å². The van der Waals surface area contributed by atoms with E-state index in [-0.39, 0.29) is 6.79 Å². The average Bonchev–Trinajstić information content (AvgIpc) is 2.50. The lowest BCUT2D eigenvalue weighted by Crippen LogP contribution is -2.02. The molecule has 5 nitrogen and oxygen atoms in total. The number of fused-ring (bicyclic) bond motifs is 1. The molecule has 1 N–H and O–H groups in total. The Morgan fingerprint density at radius 2 is 1.95 bits per heavy atom. The van der Waals surface area contributed by atoms with Crippen LogP contribution in [0, 0.1) is 0 Å². The lowest BCUT2D eigenvalue weighted by atomic mass is 10.0. The third kappa shape index (κ3) is 3.32. The molecule has 0 saturated carbocycles. The van der Waals surface area contributed by atoms with Crippen LogP contribution in [0.1, 0.15) is 5.56 Å². The first kappa shape index (κ1) is 14.9. The molecule has 0 atom stereocenters. The molecule has 0 aromatic heterocycles. The van der Waals surface area contributed by atoms with E-state index >= 15 is 0 Å². The van der Waals surface area contributed by atoms with Crippen molar-refractivity contribution in [3.8, 4) is 11.5 Å². The van der Waals surface area contributed by atoms with Crippen molar-refractivity contribution in [1.82, 2.24) is 0 Å². The molecule has 0 unspecified atom stereocenters. The van der Waals surface area contributed by atoms with Gasteiger partial charge >= 0.3 is 5.97 Å². The van der Waals surface area contributed by atoms with E-state index in [2.05, 4.69) is 0 Å². The summed E-state index contributed by atoms with van der Waals surface area (Å²) < 4.78 is 15.9. The van der Waals surface area contributed by atoms with Gasteiger partial charge in [0, 0.05) is 18.6 Å². The van der Waals surface area contributed by atoms with Crippen molar-refractivity contribution in [2.24, 2.45) is 0 Å². The molecule has 0 heterocycles. The second-order valence-corrected chi connectivity index (χ2v) is 4.27. The fourth-order valence-electron chi connectivity index (χ4n) is 2.07. The minimum Gasteiger partial charge on any atom is -0.493 e. The third-order valence-electron chi connectivity index (χ3n) is 2.94. The minimum absolute atomic E-state index is 0.102. The zero-order valence-electron chi connectivity index (χ0n) is 11.8. The van der Waals surface area contributed by atoms with Crippen LogP contribution in [-0.2, 0) is 9.53 Å². The van der Waals surface area contributed by atoms with E-state index < -0.39 is 5.97 Å². The quantitative estimate of drug-likeness (QED) is 0.654. The molecule has 2 aromatic rings. The number of carbonyl (C=O) groups is 1.